The molecule has 0 spiro atoms. The Kier molecular flexibility index (Phi) is 5.10. The quantitative estimate of drug-likeness (QED) is 0.628. The summed E-state index contributed by atoms with van der Waals surface area (Å²) in [5, 5.41) is 3.20. The SMILES string of the molecule is Nc1ccccc1CCN1C=CN(c2ccnc(Nc3ccc(F)cc3)c2)C1. The first-order valence-corrected chi connectivity index (χ1v) is 9.18. The third-order valence-corrected chi connectivity index (χ3v) is 4.71. The molecule has 2 heterocycles. The van der Waals surface area contributed by atoms with Gasteiger partial charge in [0.25, 0.3) is 0 Å². The molecule has 0 saturated carbocycles. The normalized spacial score (nSPS) is 13.2. The van der Waals surface area contributed by atoms with Crippen molar-refractivity contribution in [1.29, 1.82) is 0 Å². The lowest BCUT2D eigenvalue weighted by Crippen LogP contribution is -2.26. The van der Waals surface area contributed by atoms with Crippen LogP contribution in [-0.4, -0.2) is 23.1 Å². The number of benzene rings is 2. The minimum absolute atomic E-state index is 0.258. The van der Waals surface area contributed by atoms with Gasteiger partial charge in [-0.25, -0.2) is 9.37 Å². The van der Waals surface area contributed by atoms with Crippen LogP contribution in [-0.2, 0) is 6.42 Å². The van der Waals surface area contributed by atoms with E-state index < -0.39 is 0 Å². The van der Waals surface area contributed by atoms with Gasteiger partial charge in [-0.05, 0) is 48.4 Å². The summed E-state index contributed by atoms with van der Waals surface area (Å²) in [6, 6.07) is 18.2. The molecule has 1 aliphatic rings. The van der Waals surface area contributed by atoms with Crippen LogP contribution in [0.2, 0.25) is 0 Å². The van der Waals surface area contributed by atoms with E-state index in [1.807, 2.05) is 30.3 Å². The summed E-state index contributed by atoms with van der Waals surface area (Å²) in [4.78, 5) is 8.76. The zero-order valence-electron chi connectivity index (χ0n) is 15.4. The highest BCUT2D eigenvalue weighted by Gasteiger charge is 2.14. The average molecular weight is 375 g/mol. The molecule has 28 heavy (non-hydrogen) atoms. The van der Waals surface area contributed by atoms with E-state index in [1.165, 1.54) is 17.7 Å². The molecule has 0 aliphatic carbocycles. The molecule has 0 atom stereocenters. The zero-order chi connectivity index (χ0) is 19.3. The average Bonchev–Trinajstić information content (AvgIpc) is 3.19. The minimum Gasteiger partial charge on any atom is -0.399 e. The summed E-state index contributed by atoms with van der Waals surface area (Å²) in [6.07, 6.45) is 6.82. The fraction of sp³-hybridized carbons (Fsp3) is 0.136. The van der Waals surface area contributed by atoms with Crippen LogP contribution in [0.4, 0.5) is 27.3 Å². The van der Waals surface area contributed by atoms with Crippen molar-refractivity contribution >= 4 is 22.9 Å². The molecule has 4 rings (SSSR count). The molecule has 2 aromatic carbocycles. The molecule has 0 fully saturated rings. The van der Waals surface area contributed by atoms with E-state index >= 15 is 0 Å². The van der Waals surface area contributed by atoms with Crippen molar-refractivity contribution in [1.82, 2.24) is 9.88 Å². The summed E-state index contributed by atoms with van der Waals surface area (Å²) >= 11 is 0. The second-order valence-corrected chi connectivity index (χ2v) is 6.70. The molecule has 0 unspecified atom stereocenters. The van der Waals surface area contributed by atoms with E-state index in [0.29, 0.717) is 5.82 Å². The Morgan fingerprint density at radius 2 is 1.86 bits per heavy atom. The van der Waals surface area contributed by atoms with Crippen molar-refractivity contribution in [2.24, 2.45) is 0 Å². The van der Waals surface area contributed by atoms with Crippen molar-refractivity contribution in [3.63, 3.8) is 0 Å². The highest BCUT2D eigenvalue weighted by molar-refractivity contribution is 5.62. The maximum Gasteiger partial charge on any atom is 0.132 e. The van der Waals surface area contributed by atoms with Crippen molar-refractivity contribution in [3.8, 4) is 0 Å². The number of hydrogen-bond acceptors (Lipinski definition) is 5. The van der Waals surface area contributed by atoms with Gasteiger partial charge in [-0.2, -0.15) is 0 Å². The molecule has 6 heteroatoms. The monoisotopic (exact) mass is 375 g/mol. The maximum absolute atomic E-state index is 13.1. The molecular weight excluding hydrogens is 353 g/mol. The van der Waals surface area contributed by atoms with Crippen LogP contribution < -0.4 is 16.0 Å². The second-order valence-electron chi connectivity index (χ2n) is 6.70. The zero-order valence-corrected chi connectivity index (χ0v) is 15.4. The molecule has 0 radical (unpaired) electrons. The van der Waals surface area contributed by atoms with Crippen molar-refractivity contribution in [2.75, 3.05) is 29.2 Å². The van der Waals surface area contributed by atoms with Gasteiger partial charge in [0.05, 0.1) is 6.67 Å². The van der Waals surface area contributed by atoms with Crippen LogP contribution in [0.5, 0.6) is 0 Å². The summed E-state index contributed by atoms with van der Waals surface area (Å²) in [7, 11) is 0. The van der Waals surface area contributed by atoms with Crippen molar-refractivity contribution in [3.05, 3.63) is 90.6 Å². The van der Waals surface area contributed by atoms with Crippen LogP contribution in [0.15, 0.2) is 79.3 Å². The first-order chi connectivity index (χ1) is 13.7. The molecule has 1 aromatic heterocycles. The smallest absolute Gasteiger partial charge is 0.132 e. The van der Waals surface area contributed by atoms with E-state index in [9.17, 15) is 4.39 Å². The van der Waals surface area contributed by atoms with E-state index in [4.69, 9.17) is 5.73 Å². The molecule has 1 aliphatic heterocycles. The topological polar surface area (TPSA) is 57.4 Å². The lowest BCUT2D eigenvalue weighted by atomic mass is 10.1. The number of nitrogen functional groups attached to an aromatic ring is 1. The number of hydrogen-bond donors (Lipinski definition) is 2. The predicted octanol–water partition coefficient (Wildman–Crippen LogP) is 4.34. The van der Waals surface area contributed by atoms with E-state index in [1.54, 1.807) is 18.3 Å². The van der Waals surface area contributed by atoms with Crippen LogP contribution in [0, 0.1) is 5.82 Å². The number of nitrogens with one attached hydrogen (secondary N) is 1. The molecule has 0 saturated heterocycles. The number of nitrogens with zero attached hydrogens (tertiary/aromatic N) is 3. The number of nitrogens with two attached hydrogens (primary N) is 1. The largest absolute Gasteiger partial charge is 0.399 e. The van der Waals surface area contributed by atoms with Gasteiger partial charge in [-0.15, -0.1) is 0 Å². The second kappa shape index (κ2) is 8.00. The lowest BCUT2D eigenvalue weighted by molar-refractivity contribution is 0.411. The summed E-state index contributed by atoms with van der Waals surface area (Å²) < 4.78 is 13.1. The van der Waals surface area contributed by atoms with Crippen LogP contribution in [0.25, 0.3) is 0 Å². The van der Waals surface area contributed by atoms with Gasteiger partial charge in [0.15, 0.2) is 0 Å². The van der Waals surface area contributed by atoms with Gasteiger partial charge >= 0.3 is 0 Å². The Bertz CT molecular complexity index is 971. The molecule has 142 valence electrons. The minimum atomic E-state index is -0.258. The van der Waals surface area contributed by atoms with Crippen molar-refractivity contribution < 1.29 is 4.39 Å². The Balaban J connectivity index is 1.37. The van der Waals surface area contributed by atoms with Gasteiger partial charge in [0.1, 0.15) is 11.6 Å². The third-order valence-electron chi connectivity index (χ3n) is 4.71. The number of para-hydroxylation sites is 1. The number of rotatable bonds is 6. The maximum atomic E-state index is 13.1. The Hall–Kier alpha value is -3.54. The number of pyridine rings is 1. The van der Waals surface area contributed by atoms with Gasteiger partial charge in [0, 0.05) is 48.3 Å². The first-order valence-electron chi connectivity index (χ1n) is 9.18. The third kappa shape index (κ3) is 4.23. The van der Waals surface area contributed by atoms with E-state index in [0.717, 1.165) is 36.7 Å². The van der Waals surface area contributed by atoms with E-state index in [2.05, 4.69) is 38.6 Å². The van der Waals surface area contributed by atoms with Gasteiger partial charge in [0.2, 0.25) is 0 Å². The first kappa shape index (κ1) is 17.9. The lowest BCUT2D eigenvalue weighted by Gasteiger charge is -2.22. The van der Waals surface area contributed by atoms with E-state index in [-0.39, 0.29) is 5.82 Å². The summed E-state index contributed by atoms with van der Waals surface area (Å²) in [5.74, 6) is 0.458. The van der Waals surface area contributed by atoms with Gasteiger partial charge in [-0.3, -0.25) is 0 Å². The summed E-state index contributed by atoms with van der Waals surface area (Å²) in [5.41, 5.74) is 9.88. The molecule has 0 bridgehead atoms. The highest BCUT2D eigenvalue weighted by Crippen LogP contribution is 2.24. The van der Waals surface area contributed by atoms with Gasteiger partial charge in [-0.1, -0.05) is 18.2 Å². The number of anilines is 4. The predicted molar refractivity (Wildman–Crippen MR) is 112 cm³/mol. The van der Waals surface area contributed by atoms with Crippen LogP contribution >= 0.6 is 0 Å². The molecule has 3 aromatic rings. The van der Waals surface area contributed by atoms with Crippen LogP contribution in [0.1, 0.15) is 5.56 Å². The van der Waals surface area contributed by atoms with Crippen LogP contribution in [0.3, 0.4) is 0 Å². The van der Waals surface area contributed by atoms with Crippen molar-refractivity contribution in [2.45, 2.75) is 6.42 Å². The molecule has 3 N–H and O–H groups in total. The van der Waals surface area contributed by atoms with Gasteiger partial charge < -0.3 is 20.9 Å². The molecule has 0 amide bonds. The molecular formula is C22H22FN5. The Morgan fingerprint density at radius 1 is 1.04 bits per heavy atom. The number of halogens is 1. The Labute approximate surface area is 163 Å². The number of aromatic nitrogens is 1. The highest BCUT2D eigenvalue weighted by atomic mass is 19.1. The fourth-order valence-corrected chi connectivity index (χ4v) is 3.15. The summed E-state index contributed by atoms with van der Waals surface area (Å²) in [6.45, 7) is 1.67. The Morgan fingerprint density at radius 3 is 2.68 bits per heavy atom. The molecule has 5 nitrogen and oxygen atoms in total. The standard InChI is InChI=1S/C22H22FN5/c23-18-5-7-19(8-6-18)26-22-15-20(9-11-25-22)28-14-13-27(16-28)12-10-17-3-1-2-4-21(17)24/h1-9,11,13-15H,10,12,16,24H2,(H,25,26). The fourth-order valence-electron chi connectivity index (χ4n) is 3.15.